The summed E-state index contributed by atoms with van der Waals surface area (Å²) < 4.78 is 0. The molecule has 112 valence electrons. The highest BCUT2D eigenvalue weighted by atomic mass is 35.5. The van der Waals surface area contributed by atoms with Gasteiger partial charge < -0.3 is 10.2 Å². The molecule has 1 fully saturated rings. The molecule has 1 aliphatic heterocycles. The van der Waals surface area contributed by atoms with Crippen molar-refractivity contribution in [1.29, 1.82) is 0 Å². The van der Waals surface area contributed by atoms with Crippen LogP contribution in [0.15, 0.2) is 30.3 Å². The summed E-state index contributed by atoms with van der Waals surface area (Å²) >= 11 is 0. The number of hydrogen-bond acceptors (Lipinski definition) is 4. The molecule has 4 nitrogen and oxygen atoms in total. The highest BCUT2D eigenvalue weighted by Gasteiger charge is 2.12. The highest BCUT2D eigenvalue weighted by Crippen LogP contribution is 2.23. The molecule has 3 rings (SSSR count). The molecule has 0 saturated carbocycles. The lowest BCUT2D eigenvalue weighted by atomic mass is 10.0. The smallest absolute Gasteiger partial charge is 0.151 e. The van der Waals surface area contributed by atoms with Gasteiger partial charge >= 0.3 is 0 Å². The van der Waals surface area contributed by atoms with Crippen LogP contribution in [-0.2, 0) is 0 Å². The average molecular weight is 305 g/mol. The summed E-state index contributed by atoms with van der Waals surface area (Å²) in [5.74, 6) is 0.972. The summed E-state index contributed by atoms with van der Waals surface area (Å²) in [4.78, 5) is 2.27. The lowest BCUT2D eigenvalue weighted by Crippen LogP contribution is -2.43. The topological polar surface area (TPSA) is 41.0 Å². The Hall–Kier alpha value is -1.65. The molecular weight excluding hydrogens is 284 g/mol. The first-order valence-corrected chi connectivity index (χ1v) is 7.11. The monoisotopic (exact) mass is 304 g/mol. The van der Waals surface area contributed by atoms with Crippen molar-refractivity contribution < 1.29 is 0 Å². The largest absolute Gasteiger partial charge is 0.353 e. The fraction of sp³-hybridized carbons (Fsp3) is 0.375. The number of benzene rings is 1. The molecule has 2 aromatic rings. The first-order chi connectivity index (χ1) is 9.74. The Morgan fingerprint density at radius 3 is 2.38 bits per heavy atom. The third-order valence-corrected chi connectivity index (χ3v) is 3.75. The number of aromatic nitrogens is 2. The molecule has 2 heterocycles. The van der Waals surface area contributed by atoms with Crippen molar-refractivity contribution in [3.8, 4) is 11.3 Å². The van der Waals surface area contributed by atoms with Gasteiger partial charge in [0.25, 0.3) is 0 Å². The predicted octanol–water partition coefficient (Wildman–Crippen LogP) is 2.59. The third-order valence-electron chi connectivity index (χ3n) is 3.75. The van der Waals surface area contributed by atoms with Gasteiger partial charge in [-0.3, -0.25) is 0 Å². The van der Waals surface area contributed by atoms with E-state index in [0.717, 1.165) is 43.3 Å². The van der Waals surface area contributed by atoms with Gasteiger partial charge in [0, 0.05) is 31.7 Å². The van der Waals surface area contributed by atoms with Gasteiger partial charge in [0.15, 0.2) is 5.82 Å². The van der Waals surface area contributed by atoms with Gasteiger partial charge in [0.05, 0.1) is 5.69 Å². The molecule has 1 aliphatic rings. The Bertz CT molecular complexity index is 592. The van der Waals surface area contributed by atoms with Gasteiger partial charge in [-0.15, -0.1) is 22.6 Å². The number of rotatable bonds is 2. The number of nitrogens with one attached hydrogen (secondary N) is 1. The third kappa shape index (κ3) is 3.52. The number of hydrogen-bond donors (Lipinski definition) is 1. The highest BCUT2D eigenvalue weighted by molar-refractivity contribution is 5.85. The molecule has 0 spiro atoms. The van der Waals surface area contributed by atoms with E-state index in [1.807, 2.05) is 0 Å². The Labute approximate surface area is 132 Å². The zero-order chi connectivity index (χ0) is 13.9. The van der Waals surface area contributed by atoms with E-state index in [-0.39, 0.29) is 12.4 Å². The van der Waals surface area contributed by atoms with E-state index in [0.29, 0.717) is 0 Å². The zero-order valence-electron chi connectivity index (χ0n) is 12.5. The van der Waals surface area contributed by atoms with Crippen LogP contribution in [0.3, 0.4) is 0 Å². The summed E-state index contributed by atoms with van der Waals surface area (Å²) in [6.07, 6.45) is 0. The van der Waals surface area contributed by atoms with Crippen molar-refractivity contribution in [1.82, 2.24) is 15.5 Å². The van der Waals surface area contributed by atoms with Gasteiger partial charge in [-0.1, -0.05) is 23.8 Å². The lowest BCUT2D eigenvalue weighted by molar-refractivity contribution is 0.583. The maximum Gasteiger partial charge on any atom is 0.151 e. The number of anilines is 1. The molecule has 0 unspecified atom stereocenters. The molecular formula is C16H21ClN4. The number of halogens is 1. The molecule has 0 atom stereocenters. The predicted molar refractivity (Wildman–Crippen MR) is 89.3 cm³/mol. The minimum absolute atomic E-state index is 0. The van der Waals surface area contributed by atoms with E-state index in [2.05, 4.69) is 64.6 Å². The van der Waals surface area contributed by atoms with Gasteiger partial charge in [-0.2, -0.15) is 0 Å². The van der Waals surface area contributed by atoms with Gasteiger partial charge in [0.2, 0.25) is 0 Å². The molecule has 0 amide bonds. The summed E-state index contributed by atoms with van der Waals surface area (Å²) in [6.45, 7) is 8.25. The Balaban J connectivity index is 0.00000161. The average Bonchev–Trinajstić information content (AvgIpc) is 2.48. The van der Waals surface area contributed by atoms with Crippen molar-refractivity contribution in [3.63, 3.8) is 0 Å². The molecule has 1 N–H and O–H groups in total. The van der Waals surface area contributed by atoms with Crippen molar-refractivity contribution in [2.45, 2.75) is 13.8 Å². The summed E-state index contributed by atoms with van der Waals surface area (Å²) in [5.41, 5.74) is 4.63. The number of aryl methyl sites for hydroxylation is 2. The molecule has 21 heavy (non-hydrogen) atoms. The first kappa shape index (κ1) is 15.7. The van der Waals surface area contributed by atoms with Crippen LogP contribution in [0.1, 0.15) is 11.1 Å². The van der Waals surface area contributed by atoms with E-state index in [4.69, 9.17) is 0 Å². The lowest BCUT2D eigenvalue weighted by Gasteiger charge is -2.27. The molecule has 0 radical (unpaired) electrons. The maximum atomic E-state index is 4.40. The second-order valence-corrected chi connectivity index (χ2v) is 5.33. The quantitative estimate of drug-likeness (QED) is 0.926. The van der Waals surface area contributed by atoms with Crippen LogP contribution in [0.5, 0.6) is 0 Å². The van der Waals surface area contributed by atoms with E-state index in [1.54, 1.807) is 0 Å². The maximum absolute atomic E-state index is 4.40. The minimum Gasteiger partial charge on any atom is -0.353 e. The van der Waals surface area contributed by atoms with Crippen LogP contribution in [0.2, 0.25) is 0 Å². The molecule has 1 saturated heterocycles. The zero-order valence-corrected chi connectivity index (χ0v) is 13.3. The standard InChI is InChI=1S/C16H20N4.ClH/c1-12-3-4-14(13(2)11-12)15-5-6-16(19-18-15)20-9-7-17-8-10-20;/h3-6,11,17H,7-10H2,1-2H3;1H. The van der Waals surface area contributed by atoms with Crippen LogP contribution in [0, 0.1) is 13.8 Å². The number of nitrogens with zero attached hydrogens (tertiary/aromatic N) is 3. The SMILES string of the molecule is Cc1ccc(-c2ccc(N3CCNCC3)nn2)c(C)c1.Cl. The molecule has 1 aromatic carbocycles. The Morgan fingerprint density at radius 2 is 1.76 bits per heavy atom. The van der Waals surface area contributed by atoms with Crippen LogP contribution in [-0.4, -0.2) is 36.4 Å². The molecule has 5 heteroatoms. The van der Waals surface area contributed by atoms with Crippen molar-refractivity contribution >= 4 is 18.2 Å². The fourth-order valence-electron chi connectivity index (χ4n) is 2.63. The summed E-state index contributed by atoms with van der Waals surface area (Å²) in [5, 5.41) is 12.1. The van der Waals surface area contributed by atoms with E-state index >= 15 is 0 Å². The second-order valence-electron chi connectivity index (χ2n) is 5.33. The normalized spacial score (nSPS) is 14.7. The van der Waals surface area contributed by atoms with Crippen LogP contribution in [0.4, 0.5) is 5.82 Å². The Kier molecular flexibility index (Phi) is 5.15. The van der Waals surface area contributed by atoms with Crippen LogP contribution < -0.4 is 10.2 Å². The van der Waals surface area contributed by atoms with Gasteiger partial charge in [0.1, 0.15) is 0 Å². The van der Waals surface area contributed by atoms with Gasteiger partial charge in [-0.05, 0) is 31.5 Å². The molecule has 1 aromatic heterocycles. The Morgan fingerprint density at radius 1 is 1.00 bits per heavy atom. The van der Waals surface area contributed by atoms with E-state index < -0.39 is 0 Å². The number of piperazine rings is 1. The summed E-state index contributed by atoms with van der Waals surface area (Å²) in [7, 11) is 0. The second kappa shape index (κ2) is 6.87. The first-order valence-electron chi connectivity index (χ1n) is 7.11. The molecule has 0 bridgehead atoms. The minimum atomic E-state index is 0. The van der Waals surface area contributed by atoms with Gasteiger partial charge in [-0.25, -0.2) is 0 Å². The van der Waals surface area contributed by atoms with E-state index in [1.165, 1.54) is 11.1 Å². The van der Waals surface area contributed by atoms with Crippen LogP contribution in [0.25, 0.3) is 11.3 Å². The van der Waals surface area contributed by atoms with Crippen molar-refractivity contribution in [2.75, 3.05) is 31.1 Å². The summed E-state index contributed by atoms with van der Waals surface area (Å²) in [6, 6.07) is 10.6. The molecule has 0 aliphatic carbocycles. The fourth-order valence-corrected chi connectivity index (χ4v) is 2.63. The van der Waals surface area contributed by atoms with Crippen molar-refractivity contribution in [3.05, 3.63) is 41.5 Å². The van der Waals surface area contributed by atoms with Crippen LogP contribution >= 0.6 is 12.4 Å². The van der Waals surface area contributed by atoms with E-state index in [9.17, 15) is 0 Å². The van der Waals surface area contributed by atoms with Crippen molar-refractivity contribution in [2.24, 2.45) is 0 Å².